The van der Waals surface area contributed by atoms with Crippen molar-refractivity contribution in [1.29, 1.82) is 5.26 Å². The highest BCUT2D eigenvalue weighted by molar-refractivity contribution is 7.99. The third-order valence-corrected chi connectivity index (χ3v) is 7.05. The van der Waals surface area contributed by atoms with Crippen LogP contribution in [0.4, 0.5) is 0 Å². The van der Waals surface area contributed by atoms with E-state index in [1.54, 1.807) is 30.3 Å². The summed E-state index contributed by atoms with van der Waals surface area (Å²) >= 11 is 7.87. The number of rotatable bonds is 11. The summed E-state index contributed by atoms with van der Waals surface area (Å²) in [6, 6.07) is 22.2. The molecule has 0 bridgehead atoms. The summed E-state index contributed by atoms with van der Waals surface area (Å²) in [4.78, 5) is 11.3. The number of hydrogen-bond donors (Lipinski definition) is 0. The molecule has 0 unspecified atom stereocenters. The molecule has 0 radical (unpaired) electrons. The van der Waals surface area contributed by atoms with Crippen molar-refractivity contribution in [3.8, 4) is 23.3 Å². The average Bonchev–Trinajstić information content (AvgIpc) is 3.28. The fraction of sp³-hybridized carbons (Fsp3) is 0.222. The van der Waals surface area contributed by atoms with Gasteiger partial charge in [0.25, 0.3) is 0 Å². The van der Waals surface area contributed by atoms with E-state index >= 15 is 0 Å². The minimum absolute atomic E-state index is 0.107. The van der Waals surface area contributed by atoms with E-state index in [0.717, 1.165) is 5.69 Å². The van der Waals surface area contributed by atoms with Crippen molar-refractivity contribution in [2.45, 2.75) is 30.9 Å². The topological polar surface area (TPSA) is 116 Å². The lowest BCUT2D eigenvalue weighted by Gasteiger charge is -2.19. The standard InChI is InChI=1S/C27H24ClN5O4S/c1-3-36-24-14-21(13-23(28)26(24)37-17-20-10-8-7-9-19(20)15-29)25(16-32(34)35)38-27-31-30-18(2)33(27)22-11-5-4-6-12-22/h4-14,25H,3,16-17H2,1-2H3/t25-/m0/s1. The van der Waals surface area contributed by atoms with Gasteiger partial charge in [-0.05, 0) is 49.7 Å². The van der Waals surface area contributed by atoms with Gasteiger partial charge in [0.2, 0.25) is 6.54 Å². The number of nitrogens with zero attached hydrogens (tertiary/aromatic N) is 5. The first-order valence-corrected chi connectivity index (χ1v) is 13.0. The normalized spacial score (nSPS) is 11.5. The van der Waals surface area contributed by atoms with Crippen molar-refractivity contribution in [2.24, 2.45) is 0 Å². The van der Waals surface area contributed by atoms with Crippen LogP contribution in [-0.4, -0.2) is 32.8 Å². The molecule has 11 heteroatoms. The SMILES string of the molecule is CCOc1cc([C@H](C[N+](=O)[O-])Sc2nnc(C)n2-c2ccccc2)cc(Cl)c1OCc1ccccc1C#N. The van der Waals surface area contributed by atoms with E-state index in [1.165, 1.54) is 11.8 Å². The van der Waals surface area contributed by atoms with Crippen LogP contribution in [0, 0.1) is 28.4 Å². The molecule has 0 aliphatic heterocycles. The van der Waals surface area contributed by atoms with Gasteiger partial charge in [0.1, 0.15) is 17.7 Å². The van der Waals surface area contributed by atoms with Gasteiger partial charge < -0.3 is 9.47 Å². The van der Waals surface area contributed by atoms with E-state index in [9.17, 15) is 15.4 Å². The van der Waals surface area contributed by atoms with Crippen LogP contribution in [0.3, 0.4) is 0 Å². The summed E-state index contributed by atoms with van der Waals surface area (Å²) in [6.07, 6.45) is 0. The number of halogens is 1. The first-order valence-electron chi connectivity index (χ1n) is 11.7. The Bertz CT molecular complexity index is 1470. The molecule has 1 aromatic heterocycles. The number of para-hydroxylation sites is 1. The third-order valence-electron chi connectivity index (χ3n) is 5.59. The average molecular weight is 550 g/mol. The second-order valence-corrected chi connectivity index (χ2v) is 9.72. The van der Waals surface area contributed by atoms with Gasteiger partial charge in [-0.2, -0.15) is 5.26 Å². The summed E-state index contributed by atoms with van der Waals surface area (Å²) in [5.41, 5.74) is 2.64. The van der Waals surface area contributed by atoms with Gasteiger partial charge in [-0.15, -0.1) is 10.2 Å². The third kappa shape index (κ3) is 6.25. The lowest BCUT2D eigenvalue weighted by atomic mass is 10.1. The Morgan fingerprint density at radius 3 is 2.58 bits per heavy atom. The summed E-state index contributed by atoms with van der Waals surface area (Å²) in [7, 11) is 0. The van der Waals surface area contributed by atoms with Crippen LogP contribution in [0.1, 0.15) is 34.7 Å². The Morgan fingerprint density at radius 2 is 1.87 bits per heavy atom. The number of thioether (sulfide) groups is 1. The van der Waals surface area contributed by atoms with E-state index in [1.807, 2.05) is 54.8 Å². The Labute approximate surface area is 229 Å². The summed E-state index contributed by atoms with van der Waals surface area (Å²) in [5.74, 6) is 1.32. The number of aryl methyl sites for hydroxylation is 1. The molecule has 0 aliphatic carbocycles. The quantitative estimate of drug-likeness (QED) is 0.123. The zero-order chi connectivity index (χ0) is 27.1. The minimum atomic E-state index is -0.638. The first-order chi connectivity index (χ1) is 18.4. The lowest BCUT2D eigenvalue weighted by Crippen LogP contribution is -2.12. The largest absolute Gasteiger partial charge is 0.490 e. The molecule has 1 atom stereocenters. The van der Waals surface area contributed by atoms with Gasteiger partial charge in [-0.1, -0.05) is 59.8 Å². The molecule has 0 spiro atoms. The van der Waals surface area contributed by atoms with Gasteiger partial charge in [0.15, 0.2) is 16.7 Å². The number of hydrogen-bond acceptors (Lipinski definition) is 8. The number of aromatic nitrogens is 3. The van der Waals surface area contributed by atoms with Crippen molar-refractivity contribution in [3.05, 3.63) is 104 Å². The molecule has 38 heavy (non-hydrogen) atoms. The fourth-order valence-electron chi connectivity index (χ4n) is 3.85. The molecule has 9 nitrogen and oxygen atoms in total. The van der Waals surface area contributed by atoms with E-state index in [4.69, 9.17) is 21.1 Å². The molecule has 0 aliphatic rings. The molecular weight excluding hydrogens is 526 g/mol. The second kappa shape index (κ2) is 12.4. The Hall–Kier alpha value is -4.07. The molecule has 194 valence electrons. The Morgan fingerprint density at radius 1 is 1.13 bits per heavy atom. The summed E-state index contributed by atoms with van der Waals surface area (Å²) in [5, 5.41) is 29.6. The lowest BCUT2D eigenvalue weighted by molar-refractivity contribution is -0.479. The summed E-state index contributed by atoms with van der Waals surface area (Å²) in [6.45, 7) is 3.72. The molecule has 4 aromatic rings. The zero-order valence-electron chi connectivity index (χ0n) is 20.7. The van der Waals surface area contributed by atoms with Crippen LogP contribution in [-0.2, 0) is 6.61 Å². The monoisotopic (exact) mass is 549 g/mol. The van der Waals surface area contributed by atoms with E-state index in [-0.39, 0.29) is 23.1 Å². The molecule has 0 amide bonds. The highest BCUT2D eigenvalue weighted by Crippen LogP contribution is 2.43. The van der Waals surface area contributed by atoms with E-state index in [0.29, 0.717) is 45.8 Å². The molecule has 0 fully saturated rings. The van der Waals surface area contributed by atoms with Crippen LogP contribution in [0.5, 0.6) is 11.5 Å². The maximum absolute atomic E-state index is 11.6. The van der Waals surface area contributed by atoms with Crippen molar-refractivity contribution in [1.82, 2.24) is 14.8 Å². The highest BCUT2D eigenvalue weighted by atomic mass is 35.5. The molecule has 1 heterocycles. The van der Waals surface area contributed by atoms with Gasteiger partial charge in [0, 0.05) is 16.2 Å². The fourth-order valence-corrected chi connectivity index (χ4v) is 5.28. The van der Waals surface area contributed by atoms with Crippen molar-refractivity contribution in [3.63, 3.8) is 0 Å². The molecule has 0 saturated carbocycles. The smallest absolute Gasteiger partial charge is 0.220 e. The van der Waals surface area contributed by atoms with Crippen LogP contribution >= 0.6 is 23.4 Å². The van der Waals surface area contributed by atoms with Gasteiger partial charge in [-0.25, -0.2) is 0 Å². The summed E-state index contributed by atoms with van der Waals surface area (Å²) < 4.78 is 13.7. The van der Waals surface area contributed by atoms with E-state index < -0.39 is 5.25 Å². The molecular formula is C27H24ClN5O4S. The van der Waals surface area contributed by atoms with E-state index in [2.05, 4.69) is 16.3 Å². The van der Waals surface area contributed by atoms with Crippen LogP contribution in [0.2, 0.25) is 5.02 Å². The first kappa shape index (κ1) is 27.0. The van der Waals surface area contributed by atoms with Crippen molar-refractivity contribution in [2.75, 3.05) is 13.2 Å². The number of ether oxygens (including phenoxy) is 2. The highest BCUT2D eigenvalue weighted by Gasteiger charge is 2.26. The van der Waals surface area contributed by atoms with Crippen LogP contribution < -0.4 is 9.47 Å². The molecule has 0 saturated heterocycles. The van der Waals surface area contributed by atoms with Crippen molar-refractivity contribution < 1.29 is 14.4 Å². The Kier molecular flexibility index (Phi) is 8.84. The zero-order valence-corrected chi connectivity index (χ0v) is 22.3. The maximum Gasteiger partial charge on any atom is 0.220 e. The van der Waals surface area contributed by atoms with Crippen LogP contribution in [0.25, 0.3) is 5.69 Å². The Balaban J connectivity index is 1.68. The van der Waals surface area contributed by atoms with Crippen molar-refractivity contribution >= 4 is 23.4 Å². The number of nitriles is 1. The molecule has 3 aromatic carbocycles. The van der Waals surface area contributed by atoms with Gasteiger partial charge >= 0.3 is 0 Å². The second-order valence-electron chi connectivity index (χ2n) is 8.14. The number of benzene rings is 3. The minimum Gasteiger partial charge on any atom is -0.490 e. The van der Waals surface area contributed by atoms with Gasteiger partial charge in [-0.3, -0.25) is 14.7 Å². The predicted octanol–water partition coefficient (Wildman–Crippen LogP) is 6.19. The maximum atomic E-state index is 11.6. The molecule has 0 N–H and O–H groups in total. The predicted molar refractivity (Wildman–Crippen MR) is 145 cm³/mol. The number of nitro groups is 1. The molecule has 4 rings (SSSR count). The van der Waals surface area contributed by atoms with Gasteiger partial charge in [0.05, 0.1) is 23.3 Å². The van der Waals surface area contributed by atoms with Crippen LogP contribution in [0.15, 0.2) is 71.9 Å².